The van der Waals surface area contributed by atoms with E-state index >= 15 is 0 Å². The van der Waals surface area contributed by atoms with Crippen LogP contribution in [0, 0.1) is 13.8 Å². The van der Waals surface area contributed by atoms with E-state index in [-0.39, 0.29) is 5.91 Å². The molecule has 170 valence electrons. The second-order valence-electron chi connectivity index (χ2n) is 7.64. The fraction of sp³-hybridized carbons (Fsp3) is 0.292. The van der Waals surface area contributed by atoms with Crippen LogP contribution in [0.1, 0.15) is 34.5 Å². The number of nitrogens with zero attached hydrogens (tertiary/aromatic N) is 5. The fourth-order valence-electron chi connectivity index (χ4n) is 3.63. The third-order valence-corrected chi connectivity index (χ3v) is 5.45. The lowest BCUT2D eigenvalue weighted by Crippen LogP contribution is -2.23. The molecule has 0 unspecified atom stereocenters. The first-order valence-electron chi connectivity index (χ1n) is 10.7. The molecular formula is C24H26N6O3. The molecule has 0 bridgehead atoms. The lowest BCUT2D eigenvalue weighted by Gasteiger charge is -2.13. The maximum Gasteiger partial charge on any atom is 0.252 e. The van der Waals surface area contributed by atoms with Crippen molar-refractivity contribution in [1.82, 2.24) is 29.9 Å². The van der Waals surface area contributed by atoms with Crippen LogP contribution >= 0.6 is 0 Å². The second-order valence-corrected chi connectivity index (χ2v) is 7.64. The summed E-state index contributed by atoms with van der Waals surface area (Å²) in [5.41, 5.74) is 4.78. The van der Waals surface area contributed by atoms with Gasteiger partial charge in [-0.2, -0.15) is 10.1 Å². The van der Waals surface area contributed by atoms with E-state index in [1.807, 2.05) is 44.2 Å². The van der Waals surface area contributed by atoms with Gasteiger partial charge in [0.05, 0.1) is 7.11 Å². The molecule has 3 heterocycles. The number of aryl methyl sites for hydroxylation is 2. The van der Waals surface area contributed by atoms with Crippen LogP contribution in [0.3, 0.4) is 0 Å². The Morgan fingerprint density at radius 3 is 2.70 bits per heavy atom. The Labute approximate surface area is 191 Å². The lowest BCUT2D eigenvalue weighted by molar-refractivity contribution is -0.121. The van der Waals surface area contributed by atoms with E-state index in [0.717, 1.165) is 28.1 Å². The molecule has 33 heavy (non-hydrogen) atoms. The normalized spacial score (nSPS) is 10.9. The minimum absolute atomic E-state index is 0.0375. The van der Waals surface area contributed by atoms with Crippen molar-refractivity contribution in [1.29, 1.82) is 0 Å². The van der Waals surface area contributed by atoms with E-state index in [4.69, 9.17) is 9.47 Å². The van der Waals surface area contributed by atoms with E-state index in [1.54, 1.807) is 24.0 Å². The first-order valence-corrected chi connectivity index (χ1v) is 10.7. The molecule has 0 aliphatic carbocycles. The molecule has 1 N–H and O–H groups in total. The molecule has 9 nitrogen and oxygen atoms in total. The van der Waals surface area contributed by atoms with Crippen LogP contribution in [-0.4, -0.2) is 37.6 Å². The van der Waals surface area contributed by atoms with E-state index in [2.05, 4.69) is 25.4 Å². The Kier molecular flexibility index (Phi) is 6.77. The quantitative estimate of drug-likeness (QED) is 0.422. The Morgan fingerprint density at radius 1 is 1.09 bits per heavy atom. The highest BCUT2D eigenvalue weighted by Crippen LogP contribution is 2.29. The fourth-order valence-corrected chi connectivity index (χ4v) is 3.63. The van der Waals surface area contributed by atoms with Crippen molar-refractivity contribution < 1.29 is 14.3 Å². The Bertz CT molecular complexity index is 1260. The zero-order valence-electron chi connectivity index (χ0n) is 18.9. The molecule has 1 amide bonds. The number of aromatic nitrogens is 5. The molecule has 1 aromatic carbocycles. The minimum atomic E-state index is -0.0375. The Morgan fingerprint density at radius 2 is 1.91 bits per heavy atom. The number of carbonyl (C=O) groups is 1. The van der Waals surface area contributed by atoms with Gasteiger partial charge < -0.3 is 14.8 Å². The molecule has 0 saturated carbocycles. The van der Waals surface area contributed by atoms with Gasteiger partial charge in [0.2, 0.25) is 5.91 Å². The summed E-state index contributed by atoms with van der Waals surface area (Å²) >= 11 is 0. The van der Waals surface area contributed by atoms with Crippen LogP contribution in [0.25, 0.3) is 5.78 Å². The number of methoxy groups -OCH3 is 1. The largest absolute Gasteiger partial charge is 0.493 e. The van der Waals surface area contributed by atoms with Gasteiger partial charge in [-0.15, -0.1) is 0 Å². The number of nitrogens with one attached hydrogen (secondary N) is 1. The highest BCUT2D eigenvalue weighted by atomic mass is 16.5. The highest BCUT2D eigenvalue weighted by molar-refractivity contribution is 5.76. The van der Waals surface area contributed by atoms with Crippen molar-refractivity contribution in [3.8, 4) is 11.5 Å². The summed E-state index contributed by atoms with van der Waals surface area (Å²) in [6.07, 6.45) is 5.88. The SMILES string of the molecule is COc1cc(CNC(=O)CCc2c(C)nc3ncnn3c2C)ccc1OCc1ccncc1. The summed E-state index contributed by atoms with van der Waals surface area (Å²) in [5.74, 6) is 1.80. The van der Waals surface area contributed by atoms with E-state index in [0.29, 0.717) is 43.3 Å². The Hall–Kier alpha value is -4.01. The second kappa shape index (κ2) is 10.1. The molecular weight excluding hydrogens is 420 g/mol. The number of amides is 1. The number of carbonyl (C=O) groups excluding carboxylic acids is 1. The molecule has 0 atom stereocenters. The standard InChI is InChI=1S/C24H26N6O3/c1-16-20(17(2)30-24(29-16)27-15-28-30)5-7-23(31)26-13-19-4-6-21(22(12-19)32-3)33-14-18-8-10-25-11-9-18/h4,6,8-12,15H,5,7,13-14H2,1-3H3,(H,26,31). The molecule has 0 radical (unpaired) electrons. The minimum Gasteiger partial charge on any atom is -0.493 e. The zero-order chi connectivity index (χ0) is 23.2. The molecule has 0 aliphatic rings. The summed E-state index contributed by atoms with van der Waals surface area (Å²) in [7, 11) is 1.60. The number of benzene rings is 1. The molecule has 4 aromatic rings. The first-order chi connectivity index (χ1) is 16.0. The van der Waals surface area contributed by atoms with Crippen molar-refractivity contribution >= 4 is 11.7 Å². The first kappa shape index (κ1) is 22.2. The van der Waals surface area contributed by atoms with Gasteiger partial charge in [-0.05, 0) is 61.2 Å². The average Bonchev–Trinajstić information content (AvgIpc) is 3.30. The van der Waals surface area contributed by atoms with Crippen molar-refractivity contribution in [3.63, 3.8) is 0 Å². The van der Waals surface area contributed by atoms with Crippen LogP contribution in [0.5, 0.6) is 11.5 Å². The number of ether oxygens (including phenoxy) is 2. The molecule has 3 aromatic heterocycles. The predicted molar refractivity (Wildman–Crippen MR) is 122 cm³/mol. The predicted octanol–water partition coefficient (Wildman–Crippen LogP) is 2.97. The van der Waals surface area contributed by atoms with Gasteiger partial charge in [0, 0.05) is 36.7 Å². The summed E-state index contributed by atoms with van der Waals surface area (Å²) in [5, 5.41) is 7.17. The number of hydrogen-bond donors (Lipinski definition) is 1. The van der Waals surface area contributed by atoms with Crippen molar-refractivity contribution in [2.75, 3.05) is 7.11 Å². The summed E-state index contributed by atoms with van der Waals surface area (Å²) in [6.45, 7) is 4.72. The van der Waals surface area contributed by atoms with Gasteiger partial charge in [-0.3, -0.25) is 9.78 Å². The maximum absolute atomic E-state index is 12.5. The van der Waals surface area contributed by atoms with Crippen molar-refractivity contribution in [2.45, 2.75) is 39.8 Å². The van der Waals surface area contributed by atoms with Gasteiger partial charge in [0.25, 0.3) is 5.78 Å². The molecule has 9 heteroatoms. The molecule has 0 aliphatic heterocycles. The van der Waals surface area contributed by atoms with Gasteiger partial charge in [0.15, 0.2) is 11.5 Å². The van der Waals surface area contributed by atoms with Gasteiger partial charge in [-0.25, -0.2) is 9.50 Å². The summed E-state index contributed by atoms with van der Waals surface area (Å²) < 4.78 is 13.0. The molecule has 0 spiro atoms. The van der Waals surface area contributed by atoms with Crippen LogP contribution in [0.15, 0.2) is 49.1 Å². The van der Waals surface area contributed by atoms with Crippen LogP contribution in [0.4, 0.5) is 0 Å². The van der Waals surface area contributed by atoms with Crippen molar-refractivity contribution in [2.24, 2.45) is 0 Å². The van der Waals surface area contributed by atoms with E-state index in [1.165, 1.54) is 6.33 Å². The van der Waals surface area contributed by atoms with Gasteiger partial charge in [0.1, 0.15) is 12.9 Å². The van der Waals surface area contributed by atoms with Crippen LogP contribution in [0.2, 0.25) is 0 Å². The maximum atomic E-state index is 12.5. The van der Waals surface area contributed by atoms with E-state index in [9.17, 15) is 4.79 Å². The Balaban J connectivity index is 1.32. The lowest BCUT2D eigenvalue weighted by atomic mass is 10.1. The number of rotatable bonds is 9. The number of pyridine rings is 1. The van der Waals surface area contributed by atoms with Gasteiger partial charge >= 0.3 is 0 Å². The van der Waals surface area contributed by atoms with Gasteiger partial charge in [-0.1, -0.05) is 6.07 Å². The monoisotopic (exact) mass is 446 g/mol. The summed E-state index contributed by atoms with van der Waals surface area (Å²) in [6, 6.07) is 9.45. The average molecular weight is 447 g/mol. The smallest absolute Gasteiger partial charge is 0.252 e. The topological polar surface area (TPSA) is 104 Å². The van der Waals surface area contributed by atoms with Crippen LogP contribution in [-0.2, 0) is 24.4 Å². The molecule has 0 fully saturated rings. The van der Waals surface area contributed by atoms with E-state index < -0.39 is 0 Å². The molecule has 0 saturated heterocycles. The van der Waals surface area contributed by atoms with Crippen LogP contribution < -0.4 is 14.8 Å². The number of hydrogen-bond acceptors (Lipinski definition) is 7. The van der Waals surface area contributed by atoms with Crippen molar-refractivity contribution in [3.05, 3.63) is 77.1 Å². The highest BCUT2D eigenvalue weighted by Gasteiger charge is 2.13. The zero-order valence-corrected chi connectivity index (χ0v) is 18.9. The number of fused-ring (bicyclic) bond motifs is 1. The third-order valence-electron chi connectivity index (χ3n) is 5.45. The third kappa shape index (κ3) is 5.25. The molecule has 4 rings (SSSR count). The summed E-state index contributed by atoms with van der Waals surface area (Å²) in [4.78, 5) is 25.1.